The van der Waals surface area contributed by atoms with E-state index in [9.17, 15) is 9.90 Å². The summed E-state index contributed by atoms with van der Waals surface area (Å²) in [4.78, 5) is 10.6. The van der Waals surface area contributed by atoms with Gasteiger partial charge in [-0.15, -0.1) is 0 Å². The van der Waals surface area contributed by atoms with Gasteiger partial charge in [0.15, 0.2) is 0 Å². The largest absolute Gasteiger partial charge is 0.542 e. The van der Waals surface area contributed by atoms with E-state index >= 15 is 0 Å². The molecule has 2 aromatic rings. The van der Waals surface area contributed by atoms with Crippen molar-refractivity contribution in [3.05, 3.63) is 40.3 Å². The standard InChI is InChI=1S/C11H11NO5/c1-15-8-4-2-7(9(13)6-8)3-5-10-12-17-11(14)16-10/h2,4,6,13H,3,5H2,1H3. The minimum absolute atomic E-state index is 0.134. The first-order chi connectivity index (χ1) is 8.19. The van der Waals surface area contributed by atoms with Crippen LogP contribution in [0, 0.1) is 0 Å². The Hall–Kier alpha value is -2.24. The van der Waals surface area contributed by atoms with E-state index in [4.69, 9.17) is 4.74 Å². The van der Waals surface area contributed by atoms with Gasteiger partial charge in [-0.3, -0.25) is 4.52 Å². The van der Waals surface area contributed by atoms with Crippen LogP contribution in [-0.4, -0.2) is 17.4 Å². The predicted molar refractivity (Wildman–Crippen MR) is 57.1 cm³/mol. The monoisotopic (exact) mass is 237 g/mol. The maximum absolute atomic E-state index is 10.6. The van der Waals surface area contributed by atoms with Crippen LogP contribution in [-0.2, 0) is 12.8 Å². The van der Waals surface area contributed by atoms with Crippen molar-refractivity contribution < 1.29 is 18.8 Å². The molecular formula is C11H11NO5. The predicted octanol–water partition coefficient (Wildman–Crippen LogP) is 1.13. The van der Waals surface area contributed by atoms with Crippen molar-refractivity contribution in [1.82, 2.24) is 5.16 Å². The summed E-state index contributed by atoms with van der Waals surface area (Å²) in [5.74, 6) is 0.110. The highest BCUT2D eigenvalue weighted by Gasteiger charge is 2.07. The first-order valence-electron chi connectivity index (χ1n) is 5.00. The summed E-state index contributed by atoms with van der Waals surface area (Å²) in [6, 6.07) is 5.01. The van der Waals surface area contributed by atoms with Crippen molar-refractivity contribution in [3.8, 4) is 11.5 Å². The van der Waals surface area contributed by atoms with Crippen LogP contribution in [0.25, 0.3) is 0 Å². The summed E-state index contributed by atoms with van der Waals surface area (Å²) < 4.78 is 13.9. The third-order valence-corrected chi connectivity index (χ3v) is 2.32. The summed E-state index contributed by atoms with van der Waals surface area (Å²) in [7, 11) is 1.53. The summed E-state index contributed by atoms with van der Waals surface area (Å²) in [6.45, 7) is 0. The maximum atomic E-state index is 10.6. The molecule has 0 atom stereocenters. The van der Waals surface area contributed by atoms with E-state index in [0.29, 0.717) is 18.6 Å². The lowest BCUT2D eigenvalue weighted by molar-refractivity contribution is 0.334. The number of aromatic nitrogens is 1. The van der Waals surface area contributed by atoms with Crippen molar-refractivity contribution in [2.24, 2.45) is 0 Å². The zero-order chi connectivity index (χ0) is 12.3. The van der Waals surface area contributed by atoms with Crippen molar-refractivity contribution in [1.29, 1.82) is 0 Å². The molecule has 90 valence electrons. The number of methoxy groups -OCH3 is 1. The van der Waals surface area contributed by atoms with Gasteiger partial charge in [-0.05, 0) is 23.2 Å². The molecular weight excluding hydrogens is 226 g/mol. The summed E-state index contributed by atoms with van der Waals surface area (Å²) >= 11 is 0. The van der Waals surface area contributed by atoms with Gasteiger partial charge in [0.05, 0.1) is 7.11 Å². The van der Waals surface area contributed by atoms with Gasteiger partial charge in [0.2, 0.25) is 5.89 Å². The Labute approximate surface area is 96.4 Å². The lowest BCUT2D eigenvalue weighted by Gasteiger charge is -2.05. The molecule has 0 bridgehead atoms. The number of hydrogen-bond donors (Lipinski definition) is 1. The Bertz CT molecular complexity index is 557. The van der Waals surface area contributed by atoms with E-state index in [0.717, 1.165) is 5.56 Å². The molecule has 1 heterocycles. The number of aryl methyl sites for hydroxylation is 2. The number of phenolic OH excluding ortho intramolecular Hbond substituents is 1. The highest BCUT2D eigenvalue weighted by molar-refractivity contribution is 5.39. The number of nitrogens with zero attached hydrogens (tertiary/aromatic N) is 1. The van der Waals surface area contributed by atoms with Crippen molar-refractivity contribution in [2.75, 3.05) is 7.11 Å². The summed E-state index contributed by atoms with van der Waals surface area (Å²) in [5, 5.41) is 13.1. The van der Waals surface area contributed by atoms with Crippen molar-refractivity contribution >= 4 is 0 Å². The Morgan fingerprint density at radius 3 is 2.82 bits per heavy atom. The van der Waals surface area contributed by atoms with Crippen LogP contribution in [0.15, 0.2) is 31.9 Å². The molecule has 1 aromatic carbocycles. The van der Waals surface area contributed by atoms with Gasteiger partial charge in [0.25, 0.3) is 0 Å². The summed E-state index contributed by atoms with van der Waals surface area (Å²) in [6.07, 6.45) is 0.872. The Kier molecular flexibility index (Phi) is 3.13. The lowest BCUT2D eigenvalue weighted by Crippen LogP contribution is -1.93. The van der Waals surface area contributed by atoms with Crippen molar-refractivity contribution in [2.45, 2.75) is 12.8 Å². The van der Waals surface area contributed by atoms with Gasteiger partial charge in [0.1, 0.15) is 11.5 Å². The van der Waals surface area contributed by atoms with E-state index < -0.39 is 5.82 Å². The van der Waals surface area contributed by atoms with Gasteiger partial charge in [-0.2, -0.15) is 0 Å². The molecule has 6 heteroatoms. The molecule has 0 spiro atoms. The van der Waals surface area contributed by atoms with Crippen LogP contribution in [0.3, 0.4) is 0 Å². The number of ether oxygens (including phenoxy) is 1. The quantitative estimate of drug-likeness (QED) is 0.857. The normalized spacial score (nSPS) is 10.4. The highest BCUT2D eigenvalue weighted by atomic mass is 16.6. The minimum Gasteiger partial charge on any atom is -0.508 e. The Morgan fingerprint density at radius 2 is 2.24 bits per heavy atom. The Balaban J connectivity index is 2.06. The number of hydrogen-bond acceptors (Lipinski definition) is 6. The average molecular weight is 237 g/mol. The van der Waals surface area contributed by atoms with Crippen LogP contribution in [0.2, 0.25) is 0 Å². The van der Waals surface area contributed by atoms with E-state index in [2.05, 4.69) is 14.1 Å². The van der Waals surface area contributed by atoms with E-state index in [1.807, 2.05) is 0 Å². The molecule has 0 fully saturated rings. The van der Waals surface area contributed by atoms with E-state index in [1.165, 1.54) is 13.2 Å². The number of benzene rings is 1. The Morgan fingerprint density at radius 1 is 1.41 bits per heavy atom. The molecule has 0 radical (unpaired) electrons. The molecule has 0 amide bonds. The SMILES string of the molecule is COc1ccc(CCc2noc(=O)o2)c(O)c1. The minimum atomic E-state index is -0.820. The molecule has 0 aliphatic carbocycles. The molecule has 1 N–H and O–H groups in total. The molecule has 0 saturated carbocycles. The second kappa shape index (κ2) is 4.73. The van der Waals surface area contributed by atoms with Crippen LogP contribution in [0.4, 0.5) is 0 Å². The van der Waals surface area contributed by atoms with Gasteiger partial charge < -0.3 is 14.3 Å². The molecule has 0 unspecified atom stereocenters. The third-order valence-electron chi connectivity index (χ3n) is 2.32. The van der Waals surface area contributed by atoms with Crippen LogP contribution in [0.5, 0.6) is 11.5 Å². The molecule has 17 heavy (non-hydrogen) atoms. The summed E-state index contributed by atoms with van der Waals surface area (Å²) in [5.41, 5.74) is 0.719. The van der Waals surface area contributed by atoms with Crippen LogP contribution in [0.1, 0.15) is 11.5 Å². The highest BCUT2D eigenvalue weighted by Crippen LogP contribution is 2.24. The second-order valence-corrected chi connectivity index (χ2v) is 3.42. The fraction of sp³-hybridized carbons (Fsp3) is 0.273. The van der Waals surface area contributed by atoms with Crippen molar-refractivity contribution in [3.63, 3.8) is 0 Å². The third kappa shape index (κ3) is 2.66. The fourth-order valence-corrected chi connectivity index (χ4v) is 1.44. The van der Waals surface area contributed by atoms with E-state index in [-0.39, 0.29) is 11.6 Å². The smallest absolute Gasteiger partial charge is 0.508 e. The van der Waals surface area contributed by atoms with Gasteiger partial charge in [-0.25, -0.2) is 4.79 Å². The maximum Gasteiger partial charge on any atom is 0.542 e. The number of rotatable bonds is 4. The zero-order valence-electron chi connectivity index (χ0n) is 9.17. The molecule has 0 aliphatic rings. The number of aromatic hydroxyl groups is 1. The molecule has 0 aliphatic heterocycles. The average Bonchev–Trinajstić information content (AvgIpc) is 2.73. The fourth-order valence-electron chi connectivity index (χ4n) is 1.44. The molecule has 0 saturated heterocycles. The first kappa shape index (κ1) is 11.3. The van der Waals surface area contributed by atoms with Gasteiger partial charge >= 0.3 is 5.82 Å². The molecule has 2 rings (SSSR count). The topological polar surface area (TPSA) is 85.7 Å². The number of phenols is 1. The van der Waals surface area contributed by atoms with Crippen LogP contribution >= 0.6 is 0 Å². The van der Waals surface area contributed by atoms with E-state index in [1.54, 1.807) is 12.1 Å². The van der Waals surface area contributed by atoms with Gasteiger partial charge in [-0.1, -0.05) is 6.07 Å². The second-order valence-electron chi connectivity index (χ2n) is 3.42. The van der Waals surface area contributed by atoms with Crippen LogP contribution < -0.4 is 10.6 Å². The molecule has 6 nitrogen and oxygen atoms in total. The zero-order valence-corrected chi connectivity index (χ0v) is 9.17. The lowest BCUT2D eigenvalue weighted by atomic mass is 10.1. The molecule has 1 aromatic heterocycles. The first-order valence-corrected chi connectivity index (χ1v) is 5.00. The van der Waals surface area contributed by atoms with Gasteiger partial charge in [0, 0.05) is 12.5 Å².